The molecule has 13 heavy (non-hydrogen) atoms. The third kappa shape index (κ3) is 2.54. The van der Waals surface area contributed by atoms with Crippen LogP contribution in [0.2, 0.25) is 0 Å². The molecule has 1 rings (SSSR count). The van der Waals surface area contributed by atoms with Crippen LogP contribution in [0.1, 0.15) is 12.8 Å². The van der Waals surface area contributed by atoms with Crippen LogP contribution in [0, 0.1) is 0 Å². The summed E-state index contributed by atoms with van der Waals surface area (Å²) in [7, 11) is 1.40. The molecule has 0 amide bonds. The molecule has 0 aromatic rings. The zero-order chi connectivity index (χ0) is 9.68. The minimum atomic E-state index is -0.232. The molecule has 0 radical (unpaired) electrons. The van der Waals surface area contributed by atoms with E-state index in [1.165, 1.54) is 7.11 Å². The Morgan fingerprint density at radius 1 is 1.77 bits per heavy atom. The highest BCUT2D eigenvalue weighted by molar-refractivity contribution is 5.75. The van der Waals surface area contributed by atoms with Gasteiger partial charge in [0.15, 0.2) is 0 Å². The Morgan fingerprint density at radius 2 is 2.54 bits per heavy atom. The summed E-state index contributed by atoms with van der Waals surface area (Å²) in [5.41, 5.74) is 0. The summed E-state index contributed by atoms with van der Waals surface area (Å²) >= 11 is 0. The van der Waals surface area contributed by atoms with Crippen LogP contribution in [0.5, 0.6) is 0 Å². The fourth-order valence-corrected chi connectivity index (χ4v) is 1.41. The fraction of sp³-hybridized carbons (Fsp3) is 0.667. The maximum atomic E-state index is 11.2. The zero-order valence-corrected chi connectivity index (χ0v) is 7.86. The molecule has 0 aromatic heterocycles. The number of ether oxygens (including phenoxy) is 1. The first kappa shape index (κ1) is 10.2. The lowest BCUT2D eigenvalue weighted by Gasteiger charge is -2.20. The van der Waals surface area contributed by atoms with E-state index in [9.17, 15) is 4.79 Å². The summed E-state index contributed by atoms with van der Waals surface area (Å²) in [6.07, 6.45) is 3.44. The van der Waals surface area contributed by atoms with E-state index in [4.69, 9.17) is 4.84 Å². The van der Waals surface area contributed by atoms with Gasteiger partial charge in [0.25, 0.3) is 0 Å². The van der Waals surface area contributed by atoms with Gasteiger partial charge in [-0.15, -0.1) is 6.58 Å². The Balaban J connectivity index is 2.43. The largest absolute Gasteiger partial charge is 0.468 e. The third-order valence-corrected chi connectivity index (χ3v) is 2.04. The number of carbonyl (C=O) groups excluding carboxylic acids is 1. The van der Waals surface area contributed by atoms with E-state index >= 15 is 0 Å². The zero-order valence-electron chi connectivity index (χ0n) is 7.86. The first-order valence-electron chi connectivity index (χ1n) is 4.38. The molecule has 1 saturated heterocycles. The van der Waals surface area contributed by atoms with Crippen LogP contribution in [0.15, 0.2) is 12.7 Å². The standard InChI is InChI=1S/C9H15NO3/c1-3-7-13-10-6-4-5-8(10)9(11)12-2/h3,8H,1,4-7H2,2H3/t8-/m1/s1. The van der Waals surface area contributed by atoms with Gasteiger partial charge in [-0.25, -0.2) is 0 Å². The Labute approximate surface area is 78.1 Å². The number of methoxy groups -OCH3 is 1. The second kappa shape index (κ2) is 4.99. The minimum absolute atomic E-state index is 0.221. The molecule has 74 valence electrons. The van der Waals surface area contributed by atoms with Gasteiger partial charge in [0.05, 0.1) is 13.7 Å². The van der Waals surface area contributed by atoms with Gasteiger partial charge >= 0.3 is 5.97 Å². The average molecular weight is 185 g/mol. The molecule has 1 atom stereocenters. The Bertz CT molecular complexity index is 193. The molecule has 0 spiro atoms. The normalized spacial score (nSPS) is 23.0. The highest BCUT2D eigenvalue weighted by atomic mass is 16.7. The van der Waals surface area contributed by atoms with Crippen LogP contribution in [0.4, 0.5) is 0 Å². The van der Waals surface area contributed by atoms with Crippen LogP contribution < -0.4 is 0 Å². The molecule has 4 nitrogen and oxygen atoms in total. The van der Waals surface area contributed by atoms with Gasteiger partial charge in [-0.3, -0.25) is 9.63 Å². The second-order valence-corrected chi connectivity index (χ2v) is 2.91. The lowest BCUT2D eigenvalue weighted by Crippen LogP contribution is -2.36. The summed E-state index contributed by atoms with van der Waals surface area (Å²) in [5, 5.41) is 1.67. The van der Waals surface area contributed by atoms with Crippen molar-refractivity contribution in [3.05, 3.63) is 12.7 Å². The van der Waals surface area contributed by atoms with Gasteiger partial charge < -0.3 is 4.74 Å². The van der Waals surface area contributed by atoms with E-state index in [0.717, 1.165) is 19.4 Å². The first-order chi connectivity index (χ1) is 6.29. The quantitative estimate of drug-likeness (QED) is 0.478. The van der Waals surface area contributed by atoms with Gasteiger partial charge in [0.1, 0.15) is 6.04 Å². The molecular weight excluding hydrogens is 170 g/mol. The van der Waals surface area contributed by atoms with E-state index in [1.54, 1.807) is 11.1 Å². The monoisotopic (exact) mass is 185 g/mol. The molecule has 0 bridgehead atoms. The van der Waals surface area contributed by atoms with Crippen LogP contribution in [-0.4, -0.2) is 37.3 Å². The highest BCUT2D eigenvalue weighted by Gasteiger charge is 2.32. The SMILES string of the molecule is C=CCON1CCC[C@@H]1C(=O)OC. The van der Waals surface area contributed by atoms with Crippen molar-refractivity contribution in [1.82, 2.24) is 5.06 Å². The van der Waals surface area contributed by atoms with Crippen molar-refractivity contribution in [2.24, 2.45) is 0 Å². The maximum absolute atomic E-state index is 11.2. The smallest absolute Gasteiger partial charge is 0.325 e. The molecule has 0 aromatic carbocycles. The van der Waals surface area contributed by atoms with Crippen molar-refractivity contribution in [2.75, 3.05) is 20.3 Å². The topological polar surface area (TPSA) is 38.8 Å². The lowest BCUT2D eigenvalue weighted by molar-refractivity contribution is -0.182. The van der Waals surface area contributed by atoms with Crippen molar-refractivity contribution in [3.63, 3.8) is 0 Å². The van der Waals surface area contributed by atoms with Crippen LogP contribution in [0.25, 0.3) is 0 Å². The summed E-state index contributed by atoms with van der Waals surface area (Å²) in [4.78, 5) is 16.5. The number of esters is 1. The van der Waals surface area contributed by atoms with Gasteiger partial charge in [0.2, 0.25) is 0 Å². The maximum Gasteiger partial charge on any atom is 0.325 e. The second-order valence-electron chi connectivity index (χ2n) is 2.91. The number of nitrogens with zero attached hydrogens (tertiary/aromatic N) is 1. The predicted octanol–water partition coefficient (Wildman–Crippen LogP) is 0.741. The Hall–Kier alpha value is -0.870. The van der Waals surface area contributed by atoms with E-state index in [0.29, 0.717) is 6.61 Å². The van der Waals surface area contributed by atoms with Gasteiger partial charge in [-0.05, 0) is 12.8 Å². The first-order valence-corrected chi connectivity index (χ1v) is 4.38. The number of hydroxylamine groups is 2. The fourth-order valence-electron chi connectivity index (χ4n) is 1.41. The van der Waals surface area contributed by atoms with E-state index in [1.807, 2.05) is 0 Å². The number of hydrogen-bond donors (Lipinski definition) is 0. The molecule has 0 aliphatic carbocycles. The van der Waals surface area contributed by atoms with Crippen molar-refractivity contribution >= 4 is 5.97 Å². The van der Waals surface area contributed by atoms with E-state index in [-0.39, 0.29) is 12.0 Å². The van der Waals surface area contributed by atoms with Crippen LogP contribution in [0.3, 0.4) is 0 Å². The Kier molecular flexibility index (Phi) is 3.92. The molecule has 1 heterocycles. The molecule has 1 fully saturated rings. The van der Waals surface area contributed by atoms with Gasteiger partial charge in [-0.1, -0.05) is 6.08 Å². The van der Waals surface area contributed by atoms with Crippen molar-refractivity contribution in [1.29, 1.82) is 0 Å². The van der Waals surface area contributed by atoms with E-state index in [2.05, 4.69) is 11.3 Å². The Morgan fingerprint density at radius 3 is 3.15 bits per heavy atom. The molecule has 4 heteroatoms. The van der Waals surface area contributed by atoms with Crippen LogP contribution >= 0.6 is 0 Å². The van der Waals surface area contributed by atoms with Gasteiger partial charge in [0, 0.05) is 6.54 Å². The van der Waals surface area contributed by atoms with Crippen molar-refractivity contribution in [2.45, 2.75) is 18.9 Å². The van der Waals surface area contributed by atoms with Crippen molar-refractivity contribution < 1.29 is 14.4 Å². The average Bonchev–Trinajstić information content (AvgIpc) is 2.61. The third-order valence-electron chi connectivity index (χ3n) is 2.04. The molecule has 0 saturated carbocycles. The van der Waals surface area contributed by atoms with E-state index < -0.39 is 0 Å². The number of hydrogen-bond acceptors (Lipinski definition) is 4. The predicted molar refractivity (Wildman–Crippen MR) is 47.9 cm³/mol. The molecule has 0 N–H and O–H groups in total. The molecule has 0 unspecified atom stereocenters. The summed E-state index contributed by atoms with van der Waals surface area (Å²) < 4.78 is 4.66. The molecular formula is C9H15NO3. The highest BCUT2D eigenvalue weighted by Crippen LogP contribution is 2.18. The van der Waals surface area contributed by atoms with Crippen LogP contribution in [-0.2, 0) is 14.4 Å². The molecule has 1 aliphatic heterocycles. The molecule has 1 aliphatic rings. The summed E-state index contributed by atoms with van der Waals surface area (Å²) in [5.74, 6) is -0.221. The van der Waals surface area contributed by atoms with Crippen molar-refractivity contribution in [3.8, 4) is 0 Å². The number of rotatable bonds is 4. The minimum Gasteiger partial charge on any atom is -0.468 e. The number of carbonyl (C=O) groups is 1. The lowest BCUT2D eigenvalue weighted by atomic mass is 10.2. The van der Waals surface area contributed by atoms with Gasteiger partial charge in [-0.2, -0.15) is 5.06 Å². The summed E-state index contributed by atoms with van der Waals surface area (Å²) in [6, 6.07) is -0.232. The summed E-state index contributed by atoms with van der Waals surface area (Å²) in [6.45, 7) is 4.77.